The van der Waals surface area contributed by atoms with Crippen molar-refractivity contribution in [1.29, 1.82) is 0 Å². The van der Waals surface area contributed by atoms with E-state index in [0.29, 0.717) is 0 Å². The van der Waals surface area contributed by atoms with Gasteiger partial charge in [-0.25, -0.2) is 0 Å². The molecule has 0 fully saturated rings. The summed E-state index contributed by atoms with van der Waals surface area (Å²) in [6, 6.07) is 3.72. The molecular formula is C21H28N2O12. The highest BCUT2D eigenvalue weighted by atomic mass is 16.7. The molecular weight excluding hydrogens is 472 g/mol. The van der Waals surface area contributed by atoms with Crippen molar-refractivity contribution >= 4 is 29.5 Å². The van der Waals surface area contributed by atoms with E-state index in [1.165, 1.54) is 19.1 Å². The molecule has 0 aliphatic carbocycles. The number of rotatable bonds is 14. The lowest BCUT2D eigenvalue weighted by atomic mass is 10.2. The number of nitro benzene ring substituents is 1. The molecule has 1 unspecified atom stereocenters. The van der Waals surface area contributed by atoms with Crippen molar-refractivity contribution in [3.05, 3.63) is 33.9 Å². The highest BCUT2D eigenvalue weighted by molar-refractivity contribution is 5.72. The number of aliphatic hydroxyl groups is 1. The van der Waals surface area contributed by atoms with E-state index in [1.54, 1.807) is 0 Å². The molecule has 0 saturated heterocycles. The van der Waals surface area contributed by atoms with Crippen LogP contribution in [0.4, 0.5) is 5.69 Å². The summed E-state index contributed by atoms with van der Waals surface area (Å²) in [7, 11) is 0. The Hall–Kier alpha value is -3.78. The number of amides is 1. The zero-order valence-corrected chi connectivity index (χ0v) is 19.7. The number of carbonyl (C=O) groups excluding carboxylic acids is 4. The van der Waals surface area contributed by atoms with Gasteiger partial charge in [-0.15, -0.1) is 0 Å². The van der Waals surface area contributed by atoms with Gasteiger partial charge in [0.1, 0.15) is 19.3 Å². The fraction of sp³-hybridized carbons (Fsp3) is 0.524. The summed E-state index contributed by atoms with van der Waals surface area (Å²) < 4.78 is 26.4. The lowest BCUT2D eigenvalue weighted by Gasteiger charge is -2.30. The third kappa shape index (κ3) is 11.3. The summed E-state index contributed by atoms with van der Waals surface area (Å²) in [6.07, 6.45) is -3.93. The normalized spacial score (nSPS) is 13.1. The molecule has 194 valence electrons. The second-order valence-electron chi connectivity index (χ2n) is 7.13. The molecule has 1 rings (SSSR count). The van der Waals surface area contributed by atoms with Crippen molar-refractivity contribution in [2.45, 2.75) is 52.8 Å². The van der Waals surface area contributed by atoms with Gasteiger partial charge in [0.15, 0.2) is 11.9 Å². The largest absolute Gasteiger partial charge is 0.463 e. The van der Waals surface area contributed by atoms with Crippen LogP contribution in [-0.4, -0.2) is 72.1 Å². The minimum Gasteiger partial charge on any atom is -0.463 e. The van der Waals surface area contributed by atoms with Crippen molar-refractivity contribution in [1.82, 2.24) is 5.32 Å². The van der Waals surface area contributed by atoms with E-state index in [1.807, 2.05) is 0 Å². The maximum absolute atomic E-state index is 11.6. The molecule has 14 heteroatoms. The molecule has 1 amide bonds. The minimum absolute atomic E-state index is 0.252. The zero-order chi connectivity index (χ0) is 26.5. The third-order valence-corrected chi connectivity index (χ3v) is 4.14. The van der Waals surface area contributed by atoms with Crippen LogP contribution in [0.15, 0.2) is 18.2 Å². The molecule has 14 nitrogen and oxygen atoms in total. The number of nitrogens with one attached hydrogen (secondary N) is 1. The van der Waals surface area contributed by atoms with Crippen LogP contribution in [-0.2, 0) is 44.7 Å². The van der Waals surface area contributed by atoms with Crippen molar-refractivity contribution in [2.24, 2.45) is 0 Å². The number of hydrogen-bond donors (Lipinski definition) is 2. The summed E-state index contributed by atoms with van der Waals surface area (Å²) in [5, 5.41) is 23.2. The number of nitrogens with zero attached hydrogens (tertiary/aromatic N) is 1. The van der Waals surface area contributed by atoms with E-state index in [9.17, 15) is 34.4 Å². The molecule has 0 aliphatic rings. The van der Waals surface area contributed by atoms with Gasteiger partial charge in [-0.1, -0.05) is 6.07 Å². The smallest absolute Gasteiger partial charge is 0.311 e. The predicted octanol–water partition coefficient (Wildman–Crippen LogP) is 0.371. The van der Waals surface area contributed by atoms with Gasteiger partial charge in [-0.3, -0.25) is 29.3 Å². The van der Waals surface area contributed by atoms with E-state index >= 15 is 0 Å². The predicted molar refractivity (Wildman–Crippen MR) is 116 cm³/mol. The summed E-state index contributed by atoms with van der Waals surface area (Å²) in [4.78, 5) is 56.5. The number of ether oxygens (including phenoxy) is 5. The Morgan fingerprint density at radius 2 is 1.60 bits per heavy atom. The van der Waals surface area contributed by atoms with Crippen molar-refractivity contribution in [2.75, 3.05) is 19.8 Å². The monoisotopic (exact) mass is 500 g/mol. The van der Waals surface area contributed by atoms with Gasteiger partial charge in [0.05, 0.1) is 18.1 Å². The molecule has 0 radical (unpaired) electrons. The zero-order valence-electron chi connectivity index (χ0n) is 19.7. The topological polar surface area (TPSA) is 190 Å². The lowest BCUT2D eigenvalue weighted by molar-refractivity contribution is -0.386. The molecule has 0 aromatic heterocycles. The van der Waals surface area contributed by atoms with Crippen LogP contribution in [0.1, 0.15) is 33.3 Å². The van der Waals surface area contributed by atoms with E-state index in [2.05, 4.69) is 5.32 Å². The van der Waals surface area contributed by atoms with Crippen molar-refractivity contribution in [3.8, 4) is 5.75 Å². The number of aliphatic hydroxyl groups excluding tert-OH is 1. The van der Waals surface area contributed by atoms with E-state index in [-0.39, 0.29) is 17.9 Å². The van der Waals surface area contributed by atoms with Crippen LogP contribution in [0, 0.1) is 10.1 Å². The molecule has 0 spiro atoms. The highest BCUT2D eigenvalue weighted by Crippen LogP contribution is 2.29. The number of nitro groups is 1. The van der Waals surface area contributed by atoms with Crippen LogP contribution in [0.5, 0.6) is 5.75 Å². The number of esters is 3. The molecule has 2 N–H and O–H groups in total. The Labute approximate surface area is 200 Å². The van der Waals surface area contributed by atoms with Crippen LogP contribution < -0.4 is 10.1 Å². The van der Waals surface area contributed by atoms with E-state index < -0.39 is 72.7 Å². The Bertz CT molecular complexity index is 920. The second kappa shape index (κ2) is 14.5. The second-order valence-corrected chi connectivity index (χ2v) is 7.13. The average Bonchev–Trinajstić information content (AvgIpc) is 2.77. The van der Waals surface area contributed by atoms with Crippen LogP contribution in [0.3, 0.4) is 0 Å². The van der Waals surface area contributed by atoms with Crippen molar-refractivity contribution < 1.29 is 52.9 Å². The number of hydrogen-bond acceptors (Lipinski definition) is 12. The van der Waals surface area contributed by atoms with E-state index in [0.717, 1.165) is 26.8 Å². The molecule has 35 heavy (non-hydrogen) atoms. The first kappa shape index (κ1) is 29.3. The van der Waals surface area contributed by atoms with Gasteiger partial charge in [0, 0.05) is 33.8 Å². The Balaban J connectivity index is 3.30. The maximum atomic E-state index is 11.6. The van der Waals surface area contributed by atoms with Gasteiger partial charge in [-0.2, -0.15) is 0 Å². The minimum atomic E-state index is -1.41. The first-order chi connectivity index (χ1) is 16.4. The van der Waals surface area contributed by atoms with Gasteiger partial charge in [-0.05, 0) is 11.6 Å². The quantitative estimate of drug-likeness (QED) is 0.117. The number of benzene rings is 1. The highest BCUT2D eigenvalue weighted by Gasteiger charge is 2.32. The van der Waals surface area contributed by atoms with Gasteiger partial charge < -0.3 is 34.1 Å². The van der Waals surface area contributed by atoms with Crippen LogP contribution in [0.25, 0.3) is 0 Å². The van der Waals surface area contributed by atoms with Gasteiger partial charge in [0.25, 0.3) is 0 Å². The number of carbonyl (C=O) groups is 4. The summed E-state index contributed by atoms with van der Waals surface area (Å²) in [6.45, 7) is 2.88. The summed E-state index contributed by atoms with van der Waals surface area (Å²) >= 11 is 0. The van der Waals surface area contributed by atoms with Crippen molar-refractivity contribution in [3.63, 3.8) is 0 Å². The lowest BCUT2D eigenvalue weighted by Crippen LogP contribution is -2.46. The summed E-state index contributed by atoms with van der Waals surface area (Å²) in [5.41, 5.74) is -0.228. The maximum Gasteiger partial charge on any atom is 0.311 e. The van der Waals surface area contributed by atoms with Crippen LogP contribution in [0.2, 0.25) is 0 Å². The standard InChI is InChI=1S/C21H28N2O12/c1-12(25)22-8-21(34-18-6-5-16(9-24)7-17(18)23(29)30)35-20(11-32-14(3)27)19(33-15(4)28)10-31-13(2)26/h5-7,19-21,24H,8-11H2,1-4H3,(H,22,25)/t19-,20?,21+/m0/s1. The third-order valence-electron chi connectivity index (χ3n) is 4.14. The molecule has 0 aliphatic heterocycles. The molecule has 3 atom stereocenters. The van der Waals surface area contributed by atoms with Gasteiger partial charge in [0.2, 0.25) is 12.2 Å². The first-order valence-electron chi connectivity index (χ1n) is 10.3. The van der Waals surface area contributed by atoms with E-state index in [4.69, 9.17) is 23.7 Å². The Morgan fingerprint density at radius 3 is 2.09 bits per heavy atom. The molecule has 1 aromatic rings. The molecule has 0 bridgehead atoms. The average molecular weight is 500 g/mol. The van der Waals surface area contributed by atoms with Gasteiger partial charge >= 0.3 is 23.6 Å². The Kier molecular flexibility index (Phi) is 12.1. The SMILES string of the molecule is CC(=O)NC[C@H](Oc1ccc(CO)cc1[N+](=O)[O-])OC(COC(C)=O)[C@H](COC(C)=O)OC(C)=O. The first-order valence-corrected chi connectivity index (χ1v) is 10.3. The summed E-state index contributed by atoms with van der Waals surface area (Å²) in [5.74, 6) is -2.85. The van der Waals surface area contributed by atoms with Crippen LogP contribution >= 0.6 is 0 Å². The molecule has 0 saturated carbocycles. The molecule has 1 aromatic carbocycles. The Morgan fingerprint density at radius 1 is 1.00 bits per heavy atom. The molecule has 0 heterocycles. The fourth-order valence-corrected chi connectivity index (χ4v) is 2.65. The fourth-order valence-electron chi connectivity index (χ4n) is 2.65.